The molecule has 1 heterocycles. The number of rotatable bonds is 4. The summed E-state index contributed by atoms with van der Waals surface area (Å²) in [6.07, 6.45) is 6.38. The third-order valence-electron chi connectivity index (χ3n) is 5.38. The average molecular weight is 272 g/mol. The molecule has 0 spiro atoms. The van der Waals surface area contributed by atoms with Crippen molar-refractivity contribution in [3.05, 3.63) is 34.9 Å². The Kier molecular flexibility index (Phi) is 4.13. The van der Waals surface area contributed by atoms with Crippen molar-refractivity contribution < 1.29 is 0 Å². The number of hydrogen-bond acceptors (Lipinski definition) is 2. The van der Waals surface area contributed by atoms with Crippen LogP contribution in [-0.2, 0) is 19.4 Å². The standard InChI is InChI=1S/C18H28N2/c1-3-18(4-2)14-20(11-10-19-18)13-15-8-9-16-6-5-7-17(16)12-15/h8-9,12,19H,3-7,10-11,13-14H2,1-2H3. The lowest BCUT2D eigenvalue weighted by molar-refractivity contribution is 0.118. The highest BCUT2D eigenvalue weighted by Crippen LogP contribution is 2.25. The molecule has 1 aliphatic carbocycles. The highest BCUT2D eigenvalue weighted by molar-refractivity contribution is 5.35. The molecule has 0 unspecified atom stereocenters. The summed E-state index contributed by atoms with van der Waals surface area (Å²) in [4.78, 5) is 2.64. The maximum absolute atomic E-state index is 3.75. The Balaban J connectivity index is 1.68. The van der Waals surface area contributed by atoms with Crippen molar-refractivity contribution in [3.8, 4) is 0 Å². The first-order valence-electron chi connectivity index (χ1n) is 8.33. The largest absolute Gasteiger partial charge is 0.309 e. The summed E-state index contributed by atoms with van der Waals surface area (Å²) in [5.74, 6) is 0. The van der Waals surface area contributed by atoms with E-state index in [4.69, 9.17) is 0 Å². The first-order chi connectivity index (χ1) is 9.74. The van der Waals surface area contributed by atoms with Gasteiger partial charge >= 0.3 is 0 Å². The second-order valence-electron chi connectivity index (χ2n) is 6.58. The molecule has 20 heavy (non-hydrogen) atoms. The second-order valence-corrected chi connectivity index (χ2v) is 6.58. The minimum absolute atomic E-state index is 0.342. The molecule has 0 radical (unpaired) electrons. The number of hydrogen-bond donors (Lipinski definition) is 1. The van der Waals surface area contributed by atoms with E-state index in [-0.39, 0.29) is 0 Å². The van der Waals surface area contributed by atoms with Crippen LogP contribution in [0.5, 0.6) is 0 Å². The smallest absolute Gasteiger partial charge is 0.0304 e. The Bertz CT molecular complexity index is 462. The van der Waals surface area contributed by atoms with Gasteiger partial charge < -0.3 is 5.32 Å². The molecule has 2 aliphatic rings. The van der Waals surface area contributed by atoms with Crippen LogP contribution in [0.3, 0.4) is 0 Å². The zero-order chi connectivity index (χ0) is 14.0. The zero-order valence-corrected chi connectivity index (χ0v) is 13.0. The van der Waals surface area contributed by atoms with E-state index >= 15 is 0 Å². The van der Waals surface area contributed by atoms with Crippen molar-refractivity contribution in [1.29, 1.82) is 0 Å². The van der Waals surface area contributed by atoms with Gasteiger partial charge in [0.1, 0.15) is 0 Å². The third kappa shape index (κ3) is 2.77. The molecule has 110 valence electrons. The van der Waals surface area contributed by atoms with Crippen LogP contribution in [0, 0.1) is 0 Å². The van der Waals surface area contributed by atoms with Gasteiger partial charge in [-0.15, -0.1) is 0 Å². The fourth-order valence-corrected chi connectivity index (χ4v) is 3.88. The van der Waals surface area contributed by atoms with E-state index in [0.29, 0.717) is 5.54 Å². The molecule has 1 saturated heterocycles. The number of nitrogens with zero attached hydrogens (tertiary/aromatic N) is 1. The van der Waals surface area contributed by atoms with Gasteiger partial charge in [0.05, 0.1) is 0 Å². The molecule has 1 aliphatic heterocycles. The van der Waals surface area contributed by atoms with E-state index in [1.54, 1.807) is 11.1 Å². The molecular weight excluding hydrogens is 244 g/mol. The number of benzene rings is 1. The van der Waals surface area contributed by atoms with Gasteiger partial charge in [0.25, 0.3) is 0 Å². The van der Waals surface area contributed by atoms with Crippen LogP contribution in [0.2, 0.25) is 0 Å². The highest BCUT2D eigenvalue weighted by atomic mass is 15.2. The molecule has 2 heteroatoms. The second kappa shape index (κ2) is 5.87. The Morgan fingerprint density at radius 2 is 1.95 bits per heavy atom. The SMILES string of the molecule is CCC1(CC)CN(Cc2ccc3c(c2)CCC3)CCN1. The highest BCUT2D eigenvalue weighted by Gasteiger charge is 2.31. The molecule has 1 N–H and O–H groups in total. The van der Waals surface area contributed by atoms with Crippen LogP contribution in [0.4, 0.5) is 0 Å². The summed E-state index contributed by atoms with van der Waals surface area (Å²) < 4.78 is 0. The summed E-state index contributed by atoms with van der Waals surface area (Å²) in [6.45, 7) is 9.25. The van der Waals surface area contributed by atoms with Crippen LogP contribution < -0.4 is 5.32 Å². The van der Waals surface area contributed by atoms with Gasteiger partial charge in [-0.25, -0.2) is 0 Å². The van der Waals surface area contributed by atoms with Crippen LogP contribution in [0.25, 0.3) is 0 Å². The molecule has 0 bridgehead atoms. The van der Waals surface area contributed by atoms with Crippen LogP contribution in [0.1, 0.15) is 49.8 Å². The van der Waals surface area contributed by atoms with E-state index in [1.807, 2.05) is 0 Å². The third-order valence-corrected chi connectivity index (χ3v) is 5.38. The maximum Gasteiger partial charge on any atom is 0.0304 e. The summed E-state index contributed by atoms with van der Waals surface area (Å²) in [5, 5.41) is 3.75. The number of nitrogens with one attached hydrogen (secondary N) is 1. The van der Waals surface area contributed by atoms with Crippen molar-refractivity contribution in [2.45, 2.75) is 58.0 Å². The minimum atomic E-state index is 0.342. The summed E-state index contributed by atoms with van der Waals surface area (Å²) in [7, 11) is 0. The molecule has 3 rings (SSSR count). The zero-order valence-electron chi connectivity index (χ0n) is 13.0. The Hall–Kier alpha value is -0.860. The normalized spacial score (nSPS) is 21.9. The van der Waals surface area contributed by atoms with Gasteiger partial charge in [-0.1, -0.05) is 32.0 Å². The van der Waals surface area contributed by atoms with Gasteiger partial charge in [0.2, 0.25) is 0 Å². The van der Waals surface area contributed by atoms with Crippen molar-refractivity contribution in [1.82, 2.24) is 10.2 Å². The number of aryl methyl sites for hydroxylation is 2. The minimum Gasteiger partial charge on any atom is -0.309 e. The Morgan fingerprint density at radius 3 is 2.75 bits per heavy atom. The monoisotopic (exact) mass is 272 g/mol. The lowest BCUT2D eigenvalue weighted by atomic mass is 9.90. The molecule has 0 aromatic heterocycles. The predicted octanol–water partition coefficient (Wildman–Crippen LogP) is 3.14. The first kappa shape index (κ1) is 14.1. The molecule has 1 aromatic rings. The summed E-state index contributed by atoms with van der Waals surface area (Å²) in [5.41, 5.74) is 5.05. The molecule has 1 aromatic carbocycles. The fraction of sp³-hybridized carbons (Fsp3) is 0.667. The van der Waals surface area contributed by atoms with Crippen LogP contribution in [-0.4, -0.2) is 30.1 Å². The fourth-order valence-electron chi connectivity index (χ4n) is 3.88. The van der Waals surface area contributed by atoms with Crippen molar-refractivity contribution in [2.24, 2.45) is 0 Å². The topological polar surface area (TPSA) is 15.3 Å². The first-order valence-corrected chi connectivity index (χ1v) is 8.33. The van der Waals surface area contributed by atoms with Crippen molar-refractivity contribution >= 4 is 0 Å². The lowest BCUT2D eigenvalue weighted by Crippen LogP contribution is -2.59. The van der Waals surface area contributed by atoms with E-state index in [2.05, 4.69) is 42.3 Å². The number of fused-ring (bicyclic) bond motifs is 1. The van der Waals surface area contributed by atoms with Gasteiger partial charge in [-0.3, -0.25) is 4.90 Å². The van der Waals surface area contributed by atoms with E-state index in [9.17, 15) is 0 Å². The van der Waals surface area contributed by atoms with E-state index in [1.165, 1.54) is 50.8 Å². The van der Waals surface area contributed by atoms with Gasteiger partial charge in [0, 0.05) is 31.7 Å². The molecule has 1 fully saturated rings. The van der Waals surface area contributed by atoms with Crippen molar-refractivity contribution in [2.75, 3.05) is 19.6 Å². The number of piperazine rings is 1. The molecule has 2 nitrogen and oxygen atoms in total. The Labute approximate surface area is 123 Å². The van der Waals surface area contributed by atoms with E-state index < -0.39 is 0 Å². The molecule has 0 atom stereocenters. The summed E-state index contributed by atoms with van der Waals surface area (Å²) in [6, 6.07) is 7.18. The van der Waals surface area contributed by atoms with Gasteiger partial charge in [-0.2, -0.15) is 0 Å². The van der Waals surface area contributed by atoms with Crippen molar-refractivity contribution in [3.63, 3.8) is 0 Å². The quantitative estimate of drug-likeness (QED) is 0.906. The maximum atomic E-state index is 3.75. The summed E-state index contributed by atoms with van der Waals surface area (Å²) >= 11 is 0. The lowest BCUT2D eigenvalue weighted by Gasteiger charge is -2.43. The molecule has 0 amide bonds. The van der Waals surface area contributed by atoms with Gasteiger partial charge in [-0.05, 0) is 48.8 Å². The molecule has 0 saturated carbocycles. The van der Waals surface area contributed by atoms with Gasteiger partial charge in [0.15, 0.2) is 0 Å². The van der Waals surface area contributed by atoms with Crippen LogP contribution >= 0.6 is 0 Å². The van der Waals surface area contributed by atoms with E-state index in [0.717, 1.165) is 13.1 Å². The molecular formula is C18H28N2. The predicted molar refractivity (Wildman–Crippen MR) is 85.1 cm³/mol. The van der Waals surface area contributed by atoms with Crippen LogP contribution in [0.15, 0.2) is 18.2 Å². The Morgan fingerprint density at radius 1 is 1.15 bits per heavy atom. The average Bonchev–Trinajstić information content (AvgIpc) is 2.95.